The summed E-state index contributed by atoms with van der Waals surface area (Å²) in [5, 5.41) is 0.518. The van der Waals surface area contributed by atoms with Crippen LogP contribution in [0.3, 0.4) is 0 Å². The van der Waals surface area contributed by atoms with Gasteiger partial charge in [0.2, 0.25) is 0 Å². The van der Waals surface area contributed by atoms with Crippen LogP contribution in [-0.4, -0.2) is 8.42 Å². The lowest BCUT2D eigenvalue weighted by Crippen LogP contribution is -2.19. The minimum absolute atomic E-state index is 0.0746. The van der Waals surface area contributed by atoms with Gasteiger partial charge in [-0.05, 0) is 35.2 Å². The van der Waals surface area contributed by atoms with Crippen molar-refractivity contribution in [3.8, 4) is 0 Å². The summed E-state index contributed by atoms with van der Waals surface area (Å²) in [6, 6.07) is 11.6. The second-order valence-corrected chi connectivity index (χ2v) is 8.47. The SMILES string of the molecule is CC(C)(C)c1ccccc1NS(=O)(=O)c1ccc(Cl)c(Cl)c1. The molecule has 0 aromatic heterocycles. The Morgan fingerprint density at radius 1 is 0.955 bits per heavy atom. The lowest BCUT2D eigenvalue weighted by atomic mass is 9.86. The maximum absolute atomic E-state index is 12.5. The molecule has 0 aliphatic heterocycles. The van der Waals surface area contributed by atoms with E-state index < -0.39 is 10.0 Å². The van der Waals surface area contributed by atoms with Gasteiger partial charge in [-0.3, -0.25) is 4.72 Å². The molecular formula is C16H17Cl2NO2S. The van der Waals surface area contributed by atoms with Crippen LogP contribution in [0.2, 0.25) is 10.0 Å². The summed E-state index contributed by atoms with van der Waals surface area (Å²) in [5.74, 6) is 0. The van der Waals surface area contributed by atoms with Crippen molar-refractivity contribution >= 4 is 38.9 Å². The zero-order valence-corrected chi connectivity index (χ0v) is 14.9. The molecule has 0 spiro atoms. The van der Waals surface area contributed by atoms with Crippen LogP contribution in [0.15, 0.2) is 47.4 Å². The van der Waals surface area contributed by atoms with Crippen molar-refractivity contribution in [2.75, 3.05) is 4.72 Å². The van der Waals surface area contributed by atoms with E-state index in [1.807, 2.05) is 32.9 Å². The van der Waals surface area contributed by atoms with Gasteiger partial charge in [-0.1, -0.05) is 62.2 Å². The predicted molar refractivity (Wildman–Crippen MR) is 92.4 cm³/mol. The van der Waals surface area contributed by atoms with Crippen LogP contribution in [0.1, 0.15) is 26.3 Å². The molecule has 0 amide bonds. The van der Waals surface area contributed by atoms with Crippen LogP contribution in [0, 0.1) is 0 Å². The first-order chi connectivity index (χ1) is 10.1. The van der Waals surface area contributed by atoms with E-state index in [4.69, 9.17) is 23.2 Å². The lowest BCUT2D eigenvalue weighted by molar-refractivity contribution is 0.590. The molecule has 0 aliphatic rings. The second-order valence-electron chi connectivity index (χ2n) is 5.98. The Morgan fingerprint density at radius 3 is 2.18 bits per heavy atom. The Morgan fingerprint density at radius 2 is 1.59 bits per heavy atom. The van der Waals surface area contributed by atoms with Crippen molar-refractivity contribution in [2.45, 2.75) is 31.1 Å². The van der Waals surface area contributed by atoms with Gasteiger partial charge in [0.05, 0.1) is 20.6 Å². The Hall–Kier alpha value is -1.23. The molecule has 0 saturated heterocycles. The molecule has 0 saturated carbocycles. The van der Waals surface area contributed by atoms with Crippen LogP contribution in [0.5, 0.6) is 0 Å². The zero-order valence-electron chi connectivity index (χ0n) is 12.5. The second kappa shape index (κ2) is 6.11. The molecule has 22 heavy (non-hydrogen) atoms. The molecule has 0 heterocycles. The third kappa shape index (κ3) is 3.75. The summed E-state index contributed by atoms with van der Waals surface area (Å²) in [6.45, 7) is 6.08. The van der Waals surface area contributed by atoms with Crippen molar-refractivity contribution in [3.05, 3.63) is 58.1 Å². The van der Waals surface area contributed by atoms with Gasteiger partial charge in [0.15, 0.2) is 0 Å². The van der Waals surface area contributed by atoms with Crippen molar-refractivity contribution in [1.82, 2.24) is 0 Å². The molecule has 0 aliphatic carbocycles. The molecule has 2 aromatic rings. The molecule has 1 N–H and O–H groups in total. The first-order valence-electron chi connectivity index (χ1n) is 6.68. The Bertz CT molecular complexity index is 796. The van der Waals surface area contributed by atoms with Gasteiger partial charge in [0.25, 0.3) is 10.0 Å². The number of para-hydroxylation sites is 1. The predicted octanol–water partition coefficient (Wildman–Crippen LogP) is 5.09. The first-order valence-corrected chi connectivity index (χ1v) is 8.92. The van der Waals surface area contributed by atoms with Crippen LogP contribution < -0.4 is 4.72 Å². The molecule has 0 bridgehead atoms. The molecule has 0 unspecified atom stereocenters. The highest BCUT2D eigenvalue weighted by atomic mass is 35.5. The van der Waals surface area contributed by atoms with Gasteiger partial charge >= 0.3 is 0 Å². The lowest BCUT2D eigenvalue weighted by Gasteiger charge is -2.23. The Labute approximate surface area is 141 Å². The minimum Gasteiger partial charge on any atom is -0.279 e. The summed E-state index contributed by atoms with van der Waals surface area (Å²) in [7, 11) is -3.73. The normalized spacial score (nSPS) is 12.2. The molecular weight excluding hydrogens is 341 g/mol. The molecule has 118 valence electrons. The van der Waals surface area contributed by atoms with E-state index in [-0.39, 0.29) is 15.3 Å². The topological polar surface area (TPSA) is 46.2 Å². The first kappa shape index (κ1) is 17.1. The van der Waals surface area contributed by atoms with Gasteiger partial charge in [-0.2, -0.15) is 0 Å². The third-order valence-electron chi connectivity index (χ3n) is 3.18. The zero-order chi connectivity index (χ0) is 16.5. The van der Waals surface area contributed by atoms with Crippen molar-refractivity contribution in [1.29, 1.82) is 0 Å². The highest BCUT2D eigenvalue weighted by Gasteiger charge is 2.22. The molecule has 0 atom stereocenters. The van der Waals surface area contributed by atoms with E-state index in [1.54, 1.807) is 12.1 Å². The standard InChI is InChI=1S/C16H17Cl2NO2S/c1-16(2,3)12-6-4-5-7-15(12)19-22(20,21)11-8-9-13(17)14(18)10-11/h4-10,19H,1-3H3. The molecule has 3 nitrogen and oxygen atoms in total. The quantitative estimate of drug-likeness (QED) is 0.831. The van der Waals surface area contributed by atoms with E-state index in [0.29, 0.717) is 10.7 Å². The van der Waals surface area contributed by atoms with Gasteiger partial charge in [-0.15, -0.1) is 0 Å². The van der Waals surface area contributed by atoms with Crippen LogP contribution in [-0.2, 0) is 15.4 Å². The molecule has 2 aromatic carbocycles. The fourth-order valence-corrected chi connectivity index (χ4v) is 3.54. The van der Waals surface area contributed by atoms with E-state index in [9.17, 15) is 8.42 Å². The largest absolute Gasteiger partial charge is 0.279 e. The maximum atomic E-state index is 12.5. The van der Waals surface area contributed by atoms with Gasteiger partial charge in [0.1, 0.15) is 0 Å². The number of hydrogen-bond acceptors (Lipinski definition) is 2. The number of rotatable bonds is 3. The highest BCUT2D eigenvalue weighted by Crippen LogP contribution is 2.31. The van der Waals surface area contributed by atoms with Gasteiger partial charge in [0, 0.05) is 0 Å². The van der Waals surface area contributed by atoms with Gasteiger partial charge in [-0.25, -0.2) is 8.42 Å². The summed E-state index contributed by atoms with van der Waals surface area (Å²) < 4.78 is 27.7. The fourth-order valence-electron chi connectivity index (χ4n) is 2.07. The van der Waals surface area contributed by atoms with E-state index in [2.05, 4.69) is 4.72 Å². The summed E-state index contributed by atoms with van der Waals surface area (Å²) in [5.41, 5.74) is 1.29. The van der Waals surface area contributed by atoms with Gasteiger partial charge < -0.3 is 0 Å². The van der Waals surface area contributed by atoms with Crippen LogP contribution in [0.25, 0.3) is 0 Å². The van der Waals surface area contributed by atoms with Crippen LogP contribution >= 0.6 is 23.2 Å². The summed E-state index contributed by atoms with van der Waals surface area (Å²) in [6.07, 6.45) is 0. The van der Waals surface area contributed by atoms with Crippen molar-refractivity contribution in [3.63, 3.8) is 0 Å². The summed E-state index contributed by atoms with van der Waals surface area (Å²) >= 11 is 11.7. The summed E-state index contributed by atoms with van der Waals surface area (Å²) in [4.78, 5) is 0.0746. The van der Waals surface area contributed by atoms with E-state index >= 15 is 0 Å². The highest BCUT2D eigenvalue weighted by molar-refractivity contribution is 7.92. The number of benzene rings is 2. The van der Waals surface area contributed by atoms with Crippen LogP contribution in [0.4, 0.5) is 5.69 Å². The monoisotopic (exact) mass is 357 g/mol. The fraction of sp³-hybridized carbons (Fsp3) is 0.250. The molecule has 0 fully saturated rings. The average molecular weight is 358 g/mol. The number of hydrogen-bond donors (Lipinski definition) is 1. The molecule has 6 heteroatoms. The van der Waals surface area contributed by atoms with E-state index in [0.717, 1.165) is 5.56 Å². The molecule has 2 rings (SSSR count). The Balaban J connectivity index is 2.44. The maximum Gasteiger partial charge on any atom is 0.261 e. The third-order valence-corrected chi connectivity index (χ3v) is 5.28. The van der Waals surface area contributed by atoms with Crippen molar-refractivity contribution < 1.29 is 8.42 Å². The minimum atomic E-state index is -3.73. The smallest absolute Gasteiger partial charge is 0.261 e. The van der Waals surface area contributed by atoms with Crippen molar-refractivity contribution in [2.24, 2.45) is 0 Å². The molecule has 0 radical (unpaired) electrons. The number of anilines is 1. The Kier molecular flexibility index (Phi) is 4.76. The number of sulfonamides is 1. The van der Waals surface area contributed by atoms with E-state index in [1.165, 1.54) is 18.2 Å². The average Bonchev–Trinajstić information content (AvgIpc) is 2.40. The number of nitrogens with one attached hydrogen (secondary N) is 1. The number of halogens is 2.